The first-order valence-electron chi connectivity index (χ1n) is 8.80. The van der Waals surface area contributed by atoms with Crippen molar-refractivity contribution in [2.45, 2.75) is 36.2 Å². The summed E-state index contributed by atoms with van der Waals surface area (Å²) in [6, 6.07) is 14.7. The molecule has 1 saturated carbocycles. The number of benzene rings is 1. The van der Waals surface area contributed by atoms with Gasteiger partial charge < -0.3 is 4.57 Å². The Kier molecular flexibility index (Phi) is 4.46. The Hall–Kier alpha value is -2.52. The topological polar surface area (TPSA) is 74.3 Å². The number of tetrazole rings is 1. The molecule has 0 aliphatic heterocycles. The molecule has 3 aromatic heterocycles. The van der Waals surface area contributed by atoms with Crippen LogP contribution in [0.15, 0.2) is 53.0 Å². The van der Waals surface area contributed by atoms with Gasteiger partial charge in [0.1, 0.15) is 5.82 Å². The molecule has 27 heavy (non-hydrogen) atoms. The van der Waals surface area contributed by atoms with Crippen LogP contribution in [-0.2, 0) is 12.2 Å². The highest BCUT2D eigenvalue weighted by Gasteiger charge is 2.30. The summed E-state index contributed by atoms with van der Waals surface area (Å²) in [5.41, 5.74) is 0.958. The van der Waals surface area contributed by atoms with Crippen molar-refractivity contribution in [2.24, 2.45) is 0 Å². The number of thioether (sulfide) groups is 1. The van der Waals surface area contributed by atoms with E-state index < -0.39 is 0 Å². The molecule has 1 aromatic carbocycles. The Bertz CT molecular complexity index is 1020. The molecular formula is C18H17N7S2. The largest absolute Gasteiger partial charge is 0.303 e. The maximum Gasteiger partial charge on any atom is 0.191 e. The minimum atomic E-state index is 0.530. The Balaban J connectivity index is 1.36. The molecule has 0 N–H and O–H groups in total. The zero-order valence-electron chi connectivity index (χ0n) is 14.5. The molecule has 1 fully saturated rings. The number of para-hydroxylation sites is 1. The predicted molar refractivity (Wildman–Crippen MR) is 104 cm³/mol. The van der Waals surface area contributed by atoms with Crippen molar-refractivity contribution >= 4 is 23.1 Å². The van der Waals surface area contributed by atoms with Gasteiger partial charge in [-0.2, -0.15) is 4.68 Å². The molecule has 7 nitrogen and oxygen atoms in total. The molecule has 0 radical (unpaired) electrons. The van der Waals surface area contributed by atoms with Gasteiger partial charge in [-0.3, -0.25) is 0 Å². The molecule has 136 valence electrons. The van der Waals surface area contributed by atoms with Crippen LogP contribution >= 0.6 is 23.1 Å². The molecule has 0 saturated heterocycles. The molecule has 1 aliphatic rings. The first-order valence-corrected chi connectivity index (χ1v) is 10.7. The molecule has 0 atom stereocenters. The van der Waals surface area contributed by atoms with Crippen LogP contribution in [0.1, 0.15) is 35.4 Å². The summed E-state index contributed by atoms with van der Waals surface area (Å²) in [6.07, 6.45) is 3.24. The number of hydrogen-bond donors (Lipinski definition) is 0. The summed E-state index contributed by atoms with van der Waals surface area (Å²) in [4.78, 5) is 1.31. The lowest BCUT2D eigenvalue weighted by Crippen LogP contribution is -2.05. The van der Waals surface area contributed by atoms with Crippen LogP contribution in [0.25, 0.3) is 5.69 Å². The van der Waals surface area contributed by atoms with Gasteiger partial charge >= 0.3 is 0 Å². The molecule has 0 spiro atoms. The van der Waals surface area contributed by atoms with E-state index in [1.165, 1.54) is 17.7 Å². The monoisotopic (exact) mass is 395 g/mol. The van der Waals surface area contributed by atoms with Crippen LogP contribution in [0, 0.1) is 0 Å². The summed E-state index contributed by atoms with van der Waals surface area (Å²) in [7, 11) is 0. The molecule has 4 aromatic rings. The lowest BCUT2D eigenvalue weighted by Gasteiger charge is -2.08. The number of thiophene rings is 1. The maximum absolute atomic E-state index is 4.47. The van der Waals surface area contributed by atoms with E-state index in [0.717, 1.165) is 28.9 Å². The fourth-order valence-electron chi connectivity index (χ4n) is 2.99. The molecule has 3 heterocycles. The van der Waals surface area contributed by atoms with Gasteiger partial charge in [-0.15, -0.1) is 26.6 Å². The van der Waals surface area contributed by atoms with E-state index >= 15 is 0 Å². The summed E-state index contributed by atoms with van der Waals surface area (Å²) in [5, 5.41) is 24.1. The molecule has 0 bridgehead atoms. The standard InChI is InChI=1S/C18H17N7S2/c1-2-5-14(6-3-1)25-17(20-22-23-25)12-27-18-21-19-16(24(18)13-8-9-13)11-15-7-4-10-26-15/h1-7,10,13H,8-9,11-12H2. The third-order valence-electron chi connectivity index (χ3n) is 4.42. The van der Waals surface area contributed by atoms with Gasteiger partial charge in [-0.25, -0.2) is 0 Å². The maximum atomic E-state index is 4.47. The van der Waals surface area contributed by atoms with Gasteiger partial charge in [-0.05, 0) is 46.8 Å². The summed E-state index contributed by atoms with van der Waals surface area (Å²) in [6.45, 7) is 0. The van der Waals surface area contributed by atoms with Crippen molar-refractivity contribution in [1.82, 2.24) is 35.0 Å². The zero-order chi connectivity index (χ0) is 18.1. The van der Waals surface area contributed by atoms with Crippen molar-refractivity contribution in [3.63, 3.8) is 0 Å². The van der Waals surface area contributed by atoms with Gasteiger partial charge in [0.15, 0.2) is 11.0 Å². The van der Waals surface area contributed by atoms with Gasteiger partial charge in [0, 0.05) is 17.3 Å². The normalized spacial score (nSPS) is 13.9. The zero-order valence-corrected chi connectivity index (χ0v) is 16.1. The van der Waals surface area contributed by atoms with E-state index in [2.05, 4.69) is 47.8 Å². The lowest BCUT2D eigenvalue weighted by molar-refractivity contribution is 0.634. The highest BCUT2D eigenvalue weighted by atomic mass is 32.2. The van der Waals surface area contributed by atoms with Crippen LogP contribution in [0.2, 0.25) is 0 Å². The number of hydrogen-bond acceptors (Lipinski definition) is 7. The lowest BCUT2D eigenvalue weighted by atomic mass is 10.3. The van der Waals surface area contributed by atoms with Crippen LogP contribution in [0.3, 0.4) is 0 Å². The molecule has 0 unspecified atom stereocenters. The second-order valence-corrected chi connectivity index (χ2v) is 8.36. The minimum Gasteiger partial charge on any atom is -0.303 e. The molecule has 5 rings (SSSR count). The van der Waals surface area contributed by atoms with E-state index in [1.807, 2.05) is 30.3 Å². The summed E-state index contributed by atoms with van der Waals surface area (Å²) in [5.74, 6) is 2.49. The quantitative estimate of drug-likeness (QED) is 0.446. The molecule has 1 aliphatic carbocycles. The fraction of sp³-hybridized carbons (Fsp3) is 0.278. The first kappa shape index (κ1) is 16.6. The Morgan fingerprint density at radius 2 is 1.89 bits per heavy atom. The highest BCUT2D eigenvalue weighted by molar-refractivity contribution is 7.98. The fourth-order valence-corrected chi connectivity index (χ4v) is 4.62. The van der Waals surface area contributed by atoms with Crippen LogP contribution in [0.5, 0.6) is 0 Å². The second kappa shape index (κ2) is 7.24. The molecule has 9 heteroatoms. The van der Waals surface area contributed by atoms with E-state index in [0.29, 0.717) is 11.8 Å². The van der Waals surface area contributed by atoms with Crippen molar-refractivity contribution in [2.75, 3.05) is 0 Å². The summed E-state index contributed by atoms with van der Waals surface area (Å²) < 4.78 is 4.08. The first-order chi connectivity index (χ1) is 13.4. The molecular weight excluding hydrogens is 378 g/mol. The van der Waals surface area contributed by atoms with Gasteiger partial charge in [0.25, 0.3) is 0 Å². The van der Waals surface area contributed by atoms with Crippen molar-refractivity contribution in [3.8, 4) is 5.69 Å². The van der Waals surface area contributed by atoms with Crippen molar-refractivity contribution in [1.29, 1.82) is 0 Å². The van der Waals surface area contributed by atoms with Crippen LogP contribution in [-0.4, -0.2) is 35.0 Å². The average Bonchev–Trinajstić information content (AvgIpc) is 3.11. The number of aromatic nitrogens is 7. The molecule has 0 amide bonds. The Morgan fingerprint density at radius 1 is 1.00 bits per heavy atom. The number of rotatable bonds is 7. The van der Waals surface area contributed by atoms with Gasteiger partial charge in [0.2, 0.25) is 0 Å². The van der Waals surface area contributed by atoms with Crippen LogP contribution < -0.4 is 0 Å². The Labute approximate surface area is 164 Å². The van der Waals surface area contributed by atoms with Gasteiger partial charge in [0.05, 0.1) is 11.4 Å². The van der Waals surface area contributed by atoms with E-state index in [4.69, 9.17) is 0 Å². The third-order valence-corrected chi connectivity index (χ3v) is 6.24. The van der Waals surface area contributed by atoms with E-state index in [1.54, 1.807) is 27.8 Å². The van der Waals surface area contributed by atoms with Gasteiger partial charge in [-0.1, -0.05) is 36.0 Å². The Morgan fingerprint density at radius 3 is 2.67 bits per heavy atom. The van der Waals surface area contributed by atoms with Crippen molar-refractivity contribution < 1.29 is 0 Å². The van der Waals surface area contributed by atoms with Crippen LogP contribution in [0.4, 0.5) is 0 Å². The SMILES string of the molecule is c1ccc(-n2nnnc2CSc2nnc(Cc3cccs3)n2C2CC2)cc1. The predicted octanol–water partition coefficient (Wildman–Crippen LogP) is 3.53. The minimum absolute atomic E-state index is 0.530. The number of nitrogens with zero attached hydrogens (tertiary/aromatic N) is 7. The summed E-state index contributed by atoms with van der Waals surface area (Å²) >= 11 is 3.41. The highest BCUT2D eigenvalue weighted by Crippen LogP contribution is 2.39. The average molecular weight is 396 g/mol. The second-order valence-electron chi connectivity index (χ2n) is 6.39. The smallest absolute Gasteiger partial charge is 0.191 e. The van der Waals surface area contributed by atoms with E-state index in [-0.39, 0.29) is 0 Å². The van der Waals surface area contributed by atoms with Crippen molar-refractivity contribution in [3.05, 3.63) is 64.4 Å². The third kappa shape index (κ3) is 3.52. The van der Waals surface area contributed by atoms with E-state index in [9.17, 15) is 0 Å².